The van der Waals surface area contributed by atoms with Gasteiger partial charge in [-0.15, -0.1) is 12.4 Å². The van der Waals surface area contributed by atoms with Crippen molar-refractivity contribution >= 4 is 40.8 Å². The van der Waals surface area contributed by atoms with Crippen LogP contribution in [0.1, 0.15) is 28.5 Å². The van der Waals surface area contributed by atoms with Crippen LogP contribution in [0.3, 0.4) is 0 Å². The molecule has 2 aromatic heterocycles. The molecule has 27 heavy (non-hydrogen) atoms. The summed E-state index contributed by atoms with van der Waals surface area (Å²) in [6, 6.07) is 9.44. The molecule has 0 saturated carbocycles. The van der Waals surface area contributed by atoms with Crippen molar-refractivity contribution in [2.45, 2.75) is 13.8 Å². The quantitative estimate of drug-likeness (QED) is 0.673. The van der Waals surface area contributed by atoms with Crippen LogP contribution in [0.25, 0.3) is 11.0 Å². The zero-order valence-electron chi connectivity index (χ0n) is 14.6. The third-order valence-electron chi connectivity index (χ3n) is 3.72. The normalized spacial score (nSPS) is 10.0. The summed E-state index contributed by atoms with van der Waals surface area (Å²) in [4.78, 5) is 20.9. The van der Waals surface area contributed by atoms with Crippen molar-refractivity contribution in [3.05, 3.63) is 59.2 Å². The molecule has 3 aromatic rings. The summed E-state index contributed by atoms with van der Waals surface area (Å²) in [5.74, 6) is -1.15. The minimum atomic E-state index is -0.611. The number of esters is 1. The van der Waals surface area contributed by atoms with Crippen LogP contribution in [0.4, 0.5) is 15.8 Å². The fraction of sp³-hybridized carbons (Fsp3) is 0.158. The number of benzene rings is 1. The van der Waals surface area contributed by atoms with Gasteiger partial charge in [0.15, 0.2) is 5.65 Å². The number of pyridine rings is 2. The molecule has 0 aliphatic heterocycles. The summed E-state index contributed by atoms with van der Waals surface area (Å²) < 4.78 is 18.7. The second-order valence-corrected chi connectivity index (χ2v) is 5.52. The van der Waals surface area contributed by atoms with E-state index < -0.39 is 11.8 Å². The highest BCUT2D eigenvalue weighted by Gasteiger charge is 2.18. The average molecular weight is 387 g/mol. The van der Waals surface area contributed by atoms with E-state index in [-0.39, 0.29) is 30.1 Å². The van der Waals surface area contributed by atoms with E-state index in [9.17, 15) is 9.18 Å². The van der Waals surface area contributed by atoms with Crippen LogP contribution in [0.15, 0.2) is 36.5 Å². The van der Waals surface area contributed by atoms with Crippen molar-refractivity contribution < 1.29 is 13.9 Å². The van der Waals surface area contributed by atoms with Crippen LogP contribution in [0.2, 0.25) is 0 Å². The number of anilines is 2. The highest BCUT2D eigenvalue weighted by atomic mass is 35.5. The maximum Gasteiger partial charge on any atom is 0.341 e. The predicted molar refractivity (Wildman–Crippen MR) is 102 cm³/mol. The molecule has 0 saturated heterocycles. The second-order valence-electron chi connectivity index (χ2n) is 5.52. The van der Waals surface area contributed by atoms with Crippen molar-refractivity contribution in [3.8, 4) is 6.07 Å². The Balaban J connectivity index is 0.00000261. The zero-order chi connectivity index (χ0) is 18.7. The van der Waals surface area contributed by atoms with Crippen molar-refractivity contribution in [3.63, 3.8) is 0 Å². The van der Waals surface area contributed by atoms with E-state index >= 15 is 0 Å². The van der Waals surface area contributed by atoms with Gasteiger partial charge in [0, 0.05) is 23.0 Å². The van der Waals surface area contributed by atoms with Crippen LogP contribution in [0.5, 0.6) is 0 Å². The maximum atomic E-state index is 13.6. The maximum absolute atomic E-state index is 13.6. The van der Waals surface area contributed by atoms with E-state index in [1.54, 1.807) is 25.1 Å². The molecule has 0 aliphatic carbocycles. The third-order valence-corrected chi connectivity index (χ3v) is 3.72. The predicted octanol–water partition coefficient (Wildman–Crippen LogP) is 4.29. The molecule has 0 spiro atoms. The molecule has 3 rings (SSSR count). The van der Waals surface area contributed by atoms with E-state index in [0.717, 1.165) is 5.69 Å². The van der Waals surface area contributed by atoms with E-state index in [2.05, 4.69) is 15.3 Å². The third kappa shape index (κ3) is 4.13. The first kappa shape index (κ1) is 20.1. The van der Waals surface area contributed by atoms with Gasteiger partial charge in [-0.3, -0.25) is 0 Å². The fourth-order valence-electron chi connectivity index (χ4n) is 2.50. The standard InChI is InChI=1S/C19H15FN4O2.ClH/c1-3-26-19(25)15-10-22-18-14(6-4-11(2)23-18)17(15)24-13-5-7-16(20)12(8-13)9-21;/h4-8,10H,3H2,1-2H3,(H,22,23,24);1H. The van der Waals surface area contributed by atoms with Crippen LogP contribution < -0.4 is 5.32 Å². The van der Waals surface area contributed by atoms with Gasteiger partial charge in [-0.05, 0) is 44.2 Å². The molecule has 2 heterocycles. The number of fused-ring (bicyclic) bond motifs is 1. The Bertz CT molecular complexity index is 1050. The smallest absolute Gasteiger partial charge is 0.341 e. The summed E-state index contributed by atoms with van der Waals surface area (Å²) in [5, 5.41) is 12.7. The van der Waals surface area contributed by atoms with Crippen LogP contribution in [0, 0.1) is 24.1 Å². The molecular formula is C19H16ClFN4O2. The lowest BCUT2D eigenvalue weighted by atomic mass is 10.1. The molecule has 138 valence electrons. The zero-order valence-corrected chi connectivity index (χ0v) is 15.4. The number of ether oxygens (including phenoxy) is 1. The van der Waals surface area contributed by atoms with Gasteiger partial charge in [0.25, 0.3) is 0 Å². The first-order valence-corrected chi connectivity index (χ1v) is 7.93. The summed E-state index contributed by atoms with van der Waals surface area (Å²) in [6.45, 7) is 3.77. The number of nitrogens with zero attached hydrogens (tertiary/aromatic N) is 3. The lowest BCUT2D eigenvalue weighted by Crippen LogP contribution is -2.10. The Labute approximate surface area is 161 Å². The Morgan fingerprint density at radius 1 is 1.33 bits per heavy atom. The first-order chi connectivity index (χ1) is 12.5. The Hall–Kier alpha value is -3.24. The highest BCUT2D eigenvalue weighted by molar-refractivity contribution is 6.05. The Kier molecular flexibility index (Phi) is 6.27. The molecule has 0 radical (unpaired) electrons. The number of carbonyl (C=O) groups is 1. The van der Waals surface area contributed by atoms with Gasteiger partial charge in [-0.2, -0.15) is 5.26 Å². The van der Waals surface area contributed by atoms with Crippen molar-refractivity contribution in [1.29, 1.82) is 5.26 Å². The monoisotopic (exact) mass is 386 g/mol. The van der Waals surface area contributed by atoms with Crippen LogP contribution in [-0.2, 0) is 4.74 Å². The lowest BCUT2D eigenvalue weighted by Gasteiger charge is -2.14. The van der Waals surface area contributed by atoms with E-state index in [1.807, 2.05) is 6.92 Å². The minimum absolute atomic E-state index is 0. The lowest BCUT2D eigenvalue weighted by molar-refractivity contribution is 0.0527. The molecule has 1 N–H and O–H groups in total. The topological polar surface area (TPSA) is 87.9 Å². The number of aromatic nitrogens is 2. The largest absolute Gasteiger partial charge is 0.462 e. The van der Waals surface area contributed by atoms with Gasteiger partial charge in [0.05, 0.1) is 17.9 Å². The van der Waals surface area contributed by atoms with Crippen molar-refractivity contribution in [2.24, 2.45) is 0 Å². The summed E-state index contributed by atoms with van der Waals surface area (Å²) in [5.41, 5.74) is 2.28. The molecule has 0 aliphatic rings. The van der Waals surface area contributed by atoms with E-state index in [0.29, 0.717) is 22.4 Å². The van der Waals surface area contributed by atoms with Gasteiger partial charge >= 0.3 is 5.97 Å². The van der Waals surface area contributed by atoms with Gasteiger partial charge < -0.3 is 10.1 Å². The van der Waals surface area contributed by atoms with Gasteiger partial charge in [-0.1, -0.05) is 0 Å². The first-order valence-electron chi connectivity index (χ1n) is 7.93. The molecule has 0 atom stereocenters. The molecule has 6 nitrogen and oxygen atoms in total. The summed E-state index contributed by atoms with van der Waals surface area (Å²) in [7, 11) is 0. The van der Waals surface area contributed by atoms with Crippen LogP contribution in [-0.4, -0.2) is 22.5 Å². The Morgan fingerprint density at radius 3 is 2.81 bits per heavy atom. The SMILES string of the molecule is CCOC(=O)c1cnc2nc(C)ccc2c1Nc1ccc(F)c(C#N)c1.Cl. The molecule has 0 bridgehead atoms. The van der Waals surface area contributed by atoms with Gasteiger partial charge in [-0.25, -0.2) is 19.2 Å². The molecular weight excluding hydrogens is 371 g/mol. The number of nitriles is 1. The van der Waals surface area contributed by atoms with Gasteiger partial charge in [0.1, 0.15) is 17.4 Å². The molecule has 0 unspecified atom stereocenters. The highest BCUT2D eigenvalue weighted by Crippen LogP contribution is 2.30. The van der Waals surface area contributed by atoms with Gasteiger partial charge in [0.2, 0.25) is 0 Å². The number of hydrogen-bond acceptors (Lipinski definition) is 6. The van der Waals surface area contributed by atoms with Crippen LogP contribution >= 0.6 is 12.4 Å². The number of carbonyl (C=O) groups excluding carboxylic acids is 1. The number of hydrogen-bond donors (Lipinski definition) is 1. The van der Waals surface area contributed by atoms with Crippen molar-refractivity contribution in [1.82, 2.24) is 9.97 Å². The number of nitrogens with one attached hydrogen (secondary N) is 1. The second kappa shape index (κ2) is 8.43. The number of halogens is 2. The molecule has 8 heteroatoms. The minimum Gasteiger partial charge on any atom is -0.462 e. The Morgan fingerprint density at radius 2 is 2.11 bits per heavy atom. The molecule has 0 amide bonds. The van der Waals surface area contributed by atoms with E-state index in [4.69, 9.17) is 10.00 Å². The molecule has 1 aromatic carbocycles. The molecule has 0 fully saturated rings. The average Bonchev–Trinajstić information content (AvgIpc) is 2.63. The number of rotatable bonds is 4. The summed E-state index contributed by atoms with van der Waals surface area (Å²) >= 11 is 0. The summed E-state index contributed by atoms with van der Waals surface area (Å²) in [6.07, 6.45) is 1.39. The fourth-order valence-corrected chi connectivity index (χ4v) is 2.50. The van der Waals surface area contributed by atoms with Crippen molar-refractivity contribution in [2.75, 3.05) is 11.9 Å². The van der Waals surface area contributed by atoms with E-state index in [1.165, 1.54) is 24.4 Å². The number of aryl methyl sites for hydroxylation is 1.